The number of para-hydroxylation sites is 2. The Morgan fingerprint density at radius 3 is 1.17 bits per heavy atom. The number of nitrogens with zero attached hydrogens (tertiary/aromatic N) is 5. The van der Waals surface area contributed by atoms with Gasteiger partial charge in [-0.15, -0.1) is 0 Å². The molecule has 428 valence electrons. The molecule has 7 nitrogen and oxygen atoms in total. The monoisotopic (exact) mass is 1170 g/mol. The van der Waals surface area contributed by atoms with Gasteiger partial charge in [-0.3, -0.25) is 4.98 Å². The van der Waals surface area contributed by atoms with Gasteiger partial charge >= 0.3 is 0 Å². The van der Waals surface area contributed by atoms with Crippen LogP contribution in [0.4, 0.5) is 0 Å². The highest BCUT2D eigenvalue weighted by molar-refractivity contribution is 6.06. The first-order valence-electron chi connectivity index (χ1n) is 31.2. The Hall–Kier alpha value is -12.2. The molecule has 0 radical (unpaired) electrons. The first-order chi connectivity index (χ1) is 45.6. The van der Waals surface area contributed by atoms with Crippen LogP contribution >= 0.6 is 0 Å². The number of benzene rings is 12. The zero-order valence-corrected chi connectivity index (χ0v) is 49.5. The number of hydrogen-bond donors (Lipinski definition) is 0. The highest BCUT2D eigenvalue weighted by atomic mass is 16.5. The molecule has 2 aliphatic heterocycles. The van der Waals surface area contributed by atoms with Crippen molar-refractivity contribution in [2.75, 3.05) is 0 Å². The average molecular weight is 1170 g/mol. The molecule has 0 fully saturated rings. The number of ether oxygens (including phenoxy) is 2. The van der Waals surface area contributed by atoms with Crippen LogP contribution in [0, 0.1) is 0 Å². The van der Waals surface area contributed by atoms with Gasteiger partial charge in [0.25, 0.3) is 0 Å². The predicted octanol–water partition coefficient (Wildman–Crippen LogP) is 20.4. The Kier molecular flexibility index (Phi) is 11.4. The van der Waals surface area contributed by atoms with Gasteiger partial charge < -0.3 is 9.47 Å². The van der Waals surface area contributed by atoms with Crippen LogP contribution in [-0.2, 0) is 10.8 Å². The molecule has 0 amide bonds. The molecule has 15 aromatic rings. The van der Waals surface area contributed by atoms with Crippen molar-refractivity contribution in [2.24, 2.45) is 0 Å². The molecule has 0 bridgehead atoms. The fraction of sp³-hybridized carbons (Fsp3) is 0.0235. The molecule has 5 heterocycles. The van der Waals surface area contributed by atoms with E-state index in [1.807, 2.05) is 48.5 Å². The molecule has 3 aromatic heterocycles. The molecular formula is C85H51N5O2. The minimum absolute atomic E-state index is 0.578. The lowest BCUT2D eigenvalue weighted by Gasteiger charge is -2.39. The lowest BCUT2D eigenvalue weighted by Crippen LogP contribution is -2.32. The van der Waals surface area contributed by atoms with E-state index in [4.69, 9.17) is 34.4 Å². The maximum absolute atomic E-state index is 7.03. The first kappa shape index (κ1) is 51.8. The second-order valence-corrected chi connectivity index (χ2v) is 24.1. The second-order valence-electron chi connectivity index (χ2n) is 24.1. The Labute approximate surface area is 531 Å². The van der Waals surface area contributed by atoms with Gasteiger partial charge in [-0.25, -0.2) is 19.9 Å². The molecule has 92 heavy (non-hydrogen) atoms. The topological polar surface area (TPSA) is 82.9 Å². The normalized spacial score (nSPS) is 14.6. The van der Waals surface area contributed by atoms with Crippen LogP contribution in [0.3, 0.4) is 0 Å². The molecule has 1 atom stereocenters. The van der Waals surface area contributed by atoms with Gasteiger partial charge in [0.05, 0.1) is 39.3 Å². The van der Waals surface area contributed by atoms with Crippen LogP contribution in [0.5, 0.6) is 23.0 Å². The average Bonchev–Trinajstić information content (AvgIpc) is 1.48. The van der Waals surface area contributed by atoms with Crippen molar-refractivity contribution in [2.45, 2.75) is 10.8 Å². The van der Waals surface area contributed by atoms with Crippen LogP contribution in [0.2, 0.25) is 0 Å². The quantitative estimate of drug-likeness (QED) is 0.157. The highest BCUT2D eigenvalue weighted by Gasteiger charge is 2.53. The molecular weight excluding hydrogens is 1120 g/mol. The van der Waals surface area contributed by atoms with Crippen LogP contribution in [0.1, 0.15) is 44.5 Å². The van der Waals surface area contributed by atoms with Gasteiger partial charge in [0.2, 0.25) is 0 Å². The van der Waals surface area contributed by atoms with Crippen LogP contribution < -0.4 is 9.47 Å². The third kappa shape index (κ3) is 7.60. The molecule has 4 aliphatic rings. The van der Waals surface area contributed by atoms with E-state index in [0.29, 0.717) is 11.6 Å². The van der Waals surface area contributed by atoms with Crippen molar-refractivity contribution in [1.29, 1.82) is 0 Å². The summed E-state index contributed by atoms with van der Waals surface area (Å²) >= 11 is 0. The van der Waals surface area contributed by atoms with Gasteiger partial charge in [-0.2, -0.15) is 0 Å². The van der Waals surface area contributed by atoms with E-state index in [9.17, 15) is 0 Å². The van der Waals surface area contributed by atoms with Crippen molar-refractivity contribution in [1.82, 2.24) is 24.9 Å². The van der Waals surface area contributed by atoms with E-state index >= 15 is 0 Å². The minimum Gasteiger partial charge on any atom is -0.457 e. The SMILES string of the molecule is c1ccc(-c2cc(-c3ccccn3)nc(-c3ccc4c(c3)Oc3ccccc3C43c4ccccc4-c4cc(-c5ccc(-c6cc(-c7ccccc7)nc(-c7ccc8c(c7)Oc7ccccc7C87c8ccccc8-c8ccccc87)n6)c6ccccc56)ccc43)n2)cc1. The van der Waals surface area contributed by atoms with E-state index in [1.165, 1.54) is 44.5 Å². The Balaban J connectivity index is 0.737. The summed E-state index contributed by atoms with van der Waals surface area (Å²) < 4.78 is 14.0. The van der Waals surface area contributed by atoms with E-state index in [1.54, 1.807) is 6.20 Å². The largest absolute Gasteiger partial charge is 0.457 e. The Bertz CT molecular complexity index is 5450. The number of pyridine rings is 1. The van der Waals surface area contributed by atoms with E-state index in [0.717, 1.165) is 123 Å². The Morgan fingerprint density at radius 1 is 0.217 bits per heavy atom. The minimum atomic E-state index is -0.699. The molecule has 12 aromatic carbocycles. The molecule has 1 unspecified atom stereocenters. The van der Waals surface area contributed by atoms with Crippen molar-refractivity contribution in [3.8, 4) is 124 Å². The smallest absolute Gasteiger partial charge is 0.160 e. The molecule has 19 rings (SSSR count). The number of rotatable bonds is 7. The maximum atomic E-state index is 7.03. The molecule has 2 spiro atoms. The van der Waals surface area contributed by atoms with Crippen molar-refractivity contribution in [3.63, 3.8) is 0 Å². The maximum Gasteiger partial charge on any atom is 0.160 e. The van der Waals surface area contributed by atoms with E-state index < -0.39 is 10.8 Å². The van der Waals surface area contributed by atoms with Crippen molar-refractivity contribution in [3.05, 3.63) is 354 Å². The number of hydrogen-bond acceptors (Lipinski definition) is 7. The summed E-state index contributed by atoms with van der Waals surface area (Å²) in [5.41, 5.74) is 23.8. The van der Waals surface area contributed by atoms with Gasteiger partial charge in [0.1, 0.15) is 23.0 Å². The standard InChI is InChI=1S/C85H51N5O2/c1-3-21-52(22-4-1)74-50-76(89-82(87-74)55-39-44-71-80(48-55)91-78-36-17-15-33-69(78)84(71)65-30-12-9-27-60(65)61-28-10-13-31-66(61)84)63-42-41-57(58-25-7-8-26-59(58)63)54-38-43-68-64(47-54)62-29-11-14-32-67(62)85(68)70-34-16-18-37-79(70)92-81-49-56(40-45-72(81)85)83-88-75(53-23-5-2-6-24-53)51-77(90-83)73-35-19-20-46-86-73/h1-51H. The zero-order chi connectivity index (χ0) is 60.5. The third-order valence-corrected chi connectivity index (χ3v) is 19.3. The summed E-state index contributed by atoms with van der Waals surface area (Å²) in [4.78, 5) is 26.0. The van der Waals surface area contributed by atoms with Crippen LogP contribution in [0.15, 0.2) is 310 Å². The highest BCUT2D eigenvalue weighted by Crippen LogP contribution is 2.64. The summed E-state index contributed by atoms with van der Waals surface area (Å²) in [6, 6.07) is 108. The fourth-order valence-corrected chi connectivity index (χ4v) is 15.4. The fourth-order valence-electron chi connectivity index (χ4n) is 15.4. The summed E-state index contributed by atoms with van der Waals surface area (Å²) in [6.07, 6.45) is 1.80. The summed E-state index contributed by atoms with van der Waals surface area (Å²) in [5.74, 6) is 4.38. The molecule has 7 heteroatoms. The number of fused-ring (bicyclic) bond motifs is 19. The lowest BCUT2D eigenvalue weighted by atomic mass is 9.66. The van der Waals surface area contributed by atoms with Gasteiger partial charge in [-0.1, -0.05) is 249 Å². The lowest BCUT2D eigenvalue weighted by molar-refractivity contribution is 0.436. The summed E-state index contributed by atoms with van der Waals surface area (Å²) in [7, 11) is 0. The Morgan fingerprint density at radius 2 is 0.620 bits per heavy atom. The first-order valence-corrected chi connectivity index (χ1v) is 31.2. The summed E-state index contributed by atoms with van der Waals surface area (Å²) in [6.45, 7) is 0. The van der Waals surface area contributed by atoms with Crippen LogP contribution in [-0.4, -0.2) is 24.9 Å². The molecule has 0 saturated heterocycles. The van der Waals surface area contributed by atoms with Gasteiger partial charge in [0.15, 0.2) is 11.6 Å². The molecule has 0 saturated carbocycles. The van der Waals surface area contributed by atoms with Crippen molar-refractivity contribution < 1.29 is 9.47 Å². The van der Waals surface area contributed by atoms with E-state index in [-0.39, 0.29) is 0 Å². The van der Waals surface area contributed by atoms with Gasteiger partial charge in [-0.05, 0) is 121 Å². The molecule has 2 aliphatic carbocycles. The van der Waals surface area contributed by atoms with Crippen molar-refractivity contribution >= 4 is 10.8 Å². The summed E-state index contributed by atoms with van der Waals surface area (Å²) in [5, 5.41) is 2.21. The van der Waals surface area contributed by atoms with Crippen LogP contribution in [0.25, 0.3) is 112 Å². The molecule has 0 N–H and O–H groups in total. The second kappa shape index (κ2) is 20.2. The van der Waals surface area contributed by atoms with E-state index in [2.05, 4.69) is 255 Å². The third-order valence-electron chi connectivity index (χ3n) is 19.3. The zero-order valence-electron chi connectivity index (χ0n) is 49.5. The number of aromatic nitrogens is 5. The van der Waals surface area contributed by atoms with Gasteiger partial charge in [0, 0.05) is 56.3 Å². The predicted molar refractivity (Wildman–Crippen MR) is 366 cm³/mol.